The molecular weight excluding hydrogens is 329 g/mol. The Morgan fingerprint density at radius 3 is 2.58 bits per heavy atom. The van der Waals surface area contributed by atoms with Crippen molar-refractivity contribution in [3.05, 3.63) is 84.0 Å². The molecule has 0 aliphatic heterocycles. The topological polar surface area (TPSA) is 48.5 Å². The van der Waals surface area contributed by atoms with Crippen LogP contribution in [0.2, 0.25) is 0 Å². The average molecular weight is 347 g/mol. The predicted octanol–water partition coefficient (Wildman–Crippen LogP) is 3.94. The molecule has 1 aromatic carbocycles. The third-order valence-corrected chi connectivity index (χ3v) is 4.48. The number of rotatable bonds is 4. The molecule has 5 nitrogen and oxygen atoms in total. The van der Waals surface area contributed by atoms with E-state index in [1.54, 1.807) is 30.7 Å². The fraction of sp³-hybridized carbons (Fsp3) is 0.150. The molecule has 0 fully saturated rings. The van der Waals surface area contributed by atoms with Gasteiger partial charge in [-0.1, -0.05) is 0 Å². The molecule has 0 bridgehead atoms. The van der Waals surface area contributed by atoms with E-state index in [1.807, 2.05) is 36.9 Å². The summed E-state index contributed by atoms with van der Waals surface area (Å²) in [5, 5.41) is 4.64. The largest absolute Gasteiger partial charge is 0.326 e. The Hall–Kier alpha value is -3.28. The number of imidazole rings is 1. The number of pyridine rings is 1. The van der Waals surface area contributed by atoms with Gasteiger partial charge < -0.3 is 4.57 Å². The van der Waals surface area contributed by atoms with Gasteiger partial charge in [0.05, 0.1) is 17.9 Å². The fourth-order valence-electron chi connectivity index (χ4n) is 3.10. The number of hydrogen-bond donors (Lipinski definition) is 0. The summed E-state index contributed by atoms with van der Waals surface area (Å²) in [6.07, 6.45) is 7.30. The van der Waals surface area contributed by atoms with Gasteiger partial charge in [0.1, 0.15) is 11.6 Å². The van der Waals surface area contributed by atoms with E-state index in [-0.39, 0.29) is 5.82 Å². The van der Waals surface area contributed by atoms with Crippen molar-refractivity contribution in [2.24, 2.45) is 0 Å². The van der Waals surface area contributed by atoms with Crippen LogP contribution in [0.25, 0.3) is 17.1 Å². The summed E-state index contributed by atoms with van der Waals surface area (Å²) < 4.78 is 17.1. The Kier molecular flexibility index (Phi) is 4.08. The lowest BCUT2D eigenvalue weighted by atomic mass is 10.2. The van der Waals surface area contributed by atoms with Gasteiger partial charge >= 0.3 is 0 Å². The summed E-state index contributed by atoms with van der Waals surface area (Å²) in [6.45, 7) is 4.67. The Morgan fingerprint density at radius 2 is 1.85 bits per heavy atom. The first-order valence-corrected chi connectivity index (χ1v) is 8.36. The van der Waals surface area contributed by atoms with Crippen LogP contribution >= 0.6 is 0 Å². The molecule has 4 aromatic rings. The molecule has 6 heteroatoms. The van der Waals surface area contributed by atoms with Crippen LogP contribution in [0.15, 0.2) is 61.2 Å². The molecule has 0 spiro atoms. The minimum absolute atomic E-state index is 0.255. The molecule has 0 atom stereocenters. The van der Waals surface area contributed by atoms with E-state index in [1.165, 1.54) is 12.1 Å². The van der Waals surface area contributed by atoms with Crippen molar-refractivity contribution in [3.8, 4) is 17.1 Å². The van der Waals surface area contributed by atoms with Gasteiger partial charge in [-0.2, -0.15) is 5.10 Å². The molecule has 0 saturated heterocycles. The van der Waals surface area contributed by atoms with Crippen molar-refractivity contribution in [1.29, 1.82) is 0 Å². The lowest BCUT2D eigenvalue weighted by Crippen LogP contribution is -2.04. The monoisotopic (exact) mass is 347 g/mol. The van der Waals surface area contributed by atoms with E-state index in [9.17, 15) is 4.39 Å². The van der Waals surface area contributed by atoms with E-state index in [4.69, 9.17) is 0 Å². The van der Waals surface area contributed by atoms with Gasteiger partial charge in [0.15, 0.2) is 0 Å². The third kappa shape index (κ3) is 2.90. The minimum atomic E-state index is -0.255. The van der Waals surface area contributed by atoms with Crippen LogP contribution in [0, 0.1) is 19.7 Å². The molecule has 0 amide bonds. The Labute approximate surface area is 150 Å². The number of nitrogens with zero attached hydrogens (tertiary/aromatic N) is 5. The summed E-state index contributed by atoms with van der Waals surface area (Å²) in [4.78, 5) is 8.65. The highest BCUT2D eigenvalue weighted by Gasteiger charge is 2.15. The maximum atomic E-state index is 13.2. The molecule has 26 heavy (non-hydrogen) atoms. The van der Waals surface area contributed by atoms with Crippen LogP contribution in [0.3, 0.4) is 0 Å². The molecule has 0 saturated carbocycles. The Bertz CT molecular complexity index is 1030. The van der Waals surface area contributed by atoms with Crippen LogP contribution in [0.4, 0.5) is 4.39 Å². The standard InChI is InChI=1S/C20H18FN5/c1-14-19(15(2)26(24-14)18-7-5-17(21)6-8-18)13-25-11-10-23-20(25)16-4-3-9-22-12-16/h3-12H,13H2,1-2H3. The molecule has 0 N–H and O–H groups in total. The molecule has 0 radical (unpaired) electrons. The van der Waals surface area contributed by atoms with Crippen LogP contribution in [0.1, 0.15) is 17.0 Å². The van der Waals surface area contributed by atoms with E-state index in [0.29, 0.717) is 6.54 Å². The number of benzene rings is 1. The average Bonchev–Trinajstić information content (AvgIpc) is 3.23. The summed E-state index contributed by atoms with van der Waals surface area (Å²) in [7, 11) is 0. The lowest BCUT2D eigenvalue weighted by Gasteiger charge is -2.09. The summed E-state index contributed by atoms with van der Waals surface area (Å²) in [5.74, 6) is 0.612. The van der Waals surface area contributed by atoms with Gasteiger partial charge in [-0.05, 0) is 50.2 Å². The lowest BCUT2D eigenvalue weighted by molar-refractivity contribution is 0.627. The number of aromatic nitrogens is 5. The van der Waals surface area contributed by atoms with Crippen LogP contribution < -0.4 is 0 Å². The molecule has 0 aliphatic rings. The number of halogens is 1. The van der Waals surface area contributed by atoms with E-state index in [2.05, 4.69) is 19.6 Å². The molecule has 3 aromatic heterocycles. The molecule has 4 rings (SSSR count). The van der Waals surface area contributed by atoms with Gasteiger partial charge in [0.2, 0.25) is 0 Å². The van der Waals surface area contributed by atoms with Gasteiger partial charge in [0, 0.05) is 41.6 Å². The second kappa shape index (κ2) is 6.55. The fourth-order valence-corrected chi connectivity index (χ4v) is 3.10. The van der Waals surface area contributed by atoms with E-state index >= 15 is 0 Å². The normalized spacial score (nSPS) is 11.0. The Balaban J connectivity index is 1.71. The smallest absolute Gasteiger partial charge is 0.141 e. The molecule has 0 unspecified atom stereocenters. The van der Waals surface area contributed by atoms with Gasteiger partial charge in [0.25, 0.3) is 0 Å². The summed E-state index contributed by atoms with van der Waals surface area (Å²) in [5.41, 5.74) is 4.91. The Morgan fingerprint density at radius 1 is 1.04 bits per heavy atom. The van der Waals surface area contributed by atoms with Crippen molar-refractivity contribution in [3.63, 3.8) is 0 Å². The van der Waals surface area contributed by atoms with Gasteiger partial charge in [-0.3, -0.25) is 4.98 Å². The van der Waals surface area contributed by atoms with Crippen LogP contribution in [-0.4, -0.2) is 24.3 Å². The van der Waals surface area contributed by atoms with E-state index < -0.39 is 0 Å². The first kappa shape index (κ1) is 16.2. The van der Waals surface area contributed by atoms with Gasteiger partial charge in [-0.15, -0.1) is 0 Å². The second-order valence-corrected chi connectivity index (χ2v) is 6.16. The number of hydrogen-bond acceptors (Lipinski definition) is 3. The zero-order valence-electron chi connectivity index (χ0n) is 14.6. The molecule has 0 aliphatic carbocycles. The first-order valence-electron chi connectivity index (χ1n) is 8.36. The zero-order valence-corrected chi connectivity index (χ0v) is 14.6. The second-order valence-electron chi connectivity index (χ2n) is 6.16. The van der Waals surface area contributed by atoms with Crippen molar-refractivity contribution in [1.82, 2.24) is 24.3 Å². The maximum Gasteiger partial charge on any atom is 0.141 e. The van der Waals surface area contributed by atoms with Crippen molar-refractivity contribution in [2.45, 2.75) is 20.4 Å². The van der Waals surface area contributed by atoms with Crippen molar-refractivity contribution >= 4 is 0 Å². The predicted molar refractivity (Wildman–Crippen MR) is 97.6 cm³/mol. The van der Waals surface area contributed by atoms with Crippen LogP contribution in [-0.2, 0) is 6.54 Å². The highest BCUT2D eigenvalue weighted by atomic mass is 19.1. The SMILES string of the molecule is Cc1nn(-c2ccc(F)cc2)c(C)c1Cn1ccnc1-c1cccnc1. The zero-order chi connectivity index (χ0) is 18.1. The quantitative estimate of drug-likeness (QED) is 0.562. The molecular formula is C20H18FN5. The maximum absolute atomic E-state index is 13.2. The minimum Gasteiger partial charge on any atom is -0.326 e. The first-order chi connectivity index (χ1) is 12.6. The van der Waals surface area contributed by atoms with E-state index in [0.717, 1.165) is 34.0 Å². The van der Waals surface area contributed by atoms with Crippen molar-refractivity contribution < 1.29 is 4.39 Å². The highest BCUT2D eigenvalue weighted by molar-refractivity contribution is 5.54. The summed E-state index contributed by atoms with van der Waals surface area (Å²) >= 11 is 0. The molecule has 130 valence electrons. The number of aryl methyl sites for hydroxylation is 1. The van der Waals surface area contributed by atoms with Crippen LogP contribution in [0.5, 0.6) is 0 Å². The highest BCUT2D eigenvalue weighted by Crippen LogP contribution is 2.22. The molecule has 3 heterocycles. The van der Waals surface area contributed by atoms with Crippen molar-refractivity contribution in [2.75, 3.05) is 0 Å². The summed E-state index contributed by atoms with van der Waals surface area (Å²) in [6, 6.07) is 10.3. The van der Waals surface area contributed by atoms with Gasteiger partial charge in [-0.25, -0.2) is 14.1 Å². The third-order valence-electron chi connectivity index (χ3n) is 4.48.